The number of hydrogen-bond acceptors (Lipinski definition) is 11. The van der Waals surface area contributed by atoms with Crippen LogP contribution in [-0.2, 0) is 52.1 Å². The lowest BCUT2D eigenvalue weighted by Gasteiger charge is -2.09. The highest BCUT2D eigenvalue weighted by Crippen LogP contribution is 1.98. The molecule has 0 unspecified atom stereocenters. The Morgan fingerprint density at radius 2 is 0.500 bits per heavy atom. The van der Waals surface area contributed by atoms with Crippen LogP contribution in [0.3, 0.4) is 0 Å². The van der Waals surface area contributed by atoms with Gasteiger partial charge in [-0.2, -0.15) is 0 Å². The molecule has 230 valence electrons. The van der Waals surface area contributed by atoms with Crippen molar-refractivity contribution in [1.29, 1.82) is 0 Å². The zero-order valence-electron chi connectivity index (χ0n) is 24.2. The van der Waals surface area contributed by atoms with Crippen molar-refractivity contribution in [1.82, 2.24) is 0 Å². The summed E-state index contributed by atoms with van der Waals surface area (Å²) in [6.45, 7) is 14.1. The lowest BCUT2D eigenvalue weighted by atomic mass is 10.2. The minimum absolute atomic E-state index is 0.527. The van der Waals surface area contributed by atoms with Crippen LogP contribution in [-0.4, -0.2) is 146 Å². The lowest BCUT2D eigenvalue weighted by Crippen LogP contribution is -2.15. The summed E-state index contributed by atoms with van der Waals surface area (Å²) in [4.78, 5) is 0. The third kappa shape index (κ3) is 35.6. The van der Waals surface area contributed by atoms with E-state index in [1.165, 1.54) is 19.3 Å². The van der Waals surface area contributed by atoms with Gasteiger partial charge in [-0.1, -0.05) is 26.2 Å². The van der Waals surface area contributed by atoms with Gasteiger partial charge in [-0.25, -0.2) is 0 Å². The van der Waals surface area contributed by atoms with E-state index in [4.69, 9.17) is 52.1 Å². The van der Waals surface area contributed by atoms with Gasteiger partial charge in [0.05, 0.1) is 132 Å². The summed E-state index contributed by atoms with van der Waals surface area (Å²) in [5.74, 6) is 0. The van der Waals surface area contributed by atoms with Crippen molar-refractivity contribution >= 4 is 0 Å². The smallest absolute Gasteiger partial charge is 0.0701 e. The third-order valence-electron chi connectivity index (χ3n) is 4.92. The van der Waals surface area contributed by atoms with Crippen LogP contribution >= 0.6 is 0 Å². The Balaban J connectivity index is 3.01. The van der Waals surface area contributed by atoms with Crippen molar-refractivity contribution in [2.75, 3.05) is 146 Å². The summed E-state index contributed by atoms with van der Waals surface area (Å²) < 4.78 is 59.3. The van der Waals surface area contributed by atoms with Gasteiger partial charge in [0.1, 0.15) is 0 Å². The molecule has 0 fully saturated rings. The Bertz CT molecular complexity index is 369. The first kappa shape index (κ1) is 37.6. The second-order valence-electron chi connectivity index (χ2n) is 8.18. The highest BCUT2D eigenvalue weighted by atomic mass is 16.6. The van der Waals surface area contributed by atoms with E-state index in [2.05, 4.69) is 6.92 Å². The van der Waals surface area contributed by atoms with Crippen molar-refractivity contribution < 1.29 is 52.1 Å². The van der Waals surface area contributed by atoms with E-state index in [9.17, 15) is 0 Å². The molecule has 11 nitrogen and oxygen atoms in total. The van der Waals surface area contributed by atoms with Crippen LogP contribution < -0.4 is 0 Å². The van der Waals surface area contributed by atoms with Crippen LogP contribution in [0.2, 0.25) is 0 Å². The molecule has 0 heterocycles. The summed E-state index contributed by atoms with van der Waals surface area (Å²) >= 11 is 0. The van der Waals surface area contributed by atoms with E-state index in [0.29, 0.717) is 132 Å². The molecule has 0 aromatic rings. The van der Waals surface area contributed by atoms with Crippen LogP contribution in [0.4, 0.5) is 0 Å². The van der Waals surface area contributed by atoms with E-state index in [0.717, 1.165) is 13.0 Å². The molecule has 0 bridgehead atoms. The average Bonchev–Trinajstić information content (AvgIpc) is 2.93. The van der Waals surface area contributed by atoms with Gasteiger partial charge in [-0.15, -0.1) is 0 Å². The molecular formula is C27H56O11. The van der Waals surface area contributed by atoms with E-state index < -0.39 is 0 Å². The molecule has 0 aliphatic rings. The molecule has 11 heteroatoms. The first-order valence-corrected chi connectivity index (χ1v) is 14.2. The molecule has 0 spiro atoms. The number of hydrogen-bond donors (Lipinski definition) is 0. The van der Waals surface area contributed by atoms with Crippen molar-refractivity contribution in [3.05, 3.63) is 0 Å². The molecule has 0 atom stereocenters. The molecule has 0 aliphatic carbocycles. The number of ether oxygens (including phenoxy) is 11. The van der Waals surface area contributed by atoms with Crippen LogP contribution in [0.5, 0.6) is 0 Å². The zero-order valence-corrected chi connectivity index (χ0v) is 24.2. The van der Waals surface area contributed by atoms with Gasteiger partial charge in [-0.3, -0.25) is 0 Å². The average molecular weight is 557 g/mol. The van der Waals surface area contributed by atoms with E-state index in [1.54, 1.807) is 7.11 Å². The Morgan fingerprint density at radius 3 is 0.737 bits per heavy atom. The topological polar surface area (TPSA) is 102 Å². The van der Waals surface area contributed by atoms with Crippen LogP contribution in [0, 0.1) is 0 Å². The van der Waals surface area contributed by atoms with Gasteiger partial charge in [-0.05, 0) is 6.42 Å². The highest BCUT2D eigenvalue weighted by Gasteiger charge is 1.96. The lowest BCUT2D eigenvalue weighted by molar-refractivity contribution is -0.0271. The van der Waals surface area contributed by atoms with Gasteiger partial charge < -0.3 is 52.1 Å². The molecular weight excluding hydrogens is 500 g/mol. The van der Waals surface area contributed by atoms with Crippen molar-refractivity contribution in [2.24, 2.45) is 0 Å². The normalized spacial score (nSPS) is 11.5. The fraction of sp³-hybridized carbons (Fsp3) is 1.00. The van der Waals surface area contributed by atoms with Crippen molar-refractivity contribution in [2.45, 2.75) is 32.6 Å². The monoisotopic (exact) mass is 556 g/mol. The Hall–Kier alpha value is -0.440. The summed E-state index contributed by atoms with van der Waals surface area (Å²) in [7, 11) is 1.65. The van der Waals surface area contributed by atoms with Crippen molar-refractivity contribution in [3.63, 3.8) is 0 Å². The predicted octanol–water partition coefficient (Wildman–Crippen LogP) is 2.38. The quantitative estimate of drug-likeness (QED) is 0.108. The van der Waals surface area contributed by atoms with E-state index in [1.807, 2.05) is 0 Å². The molecule has 0 saturated heterocycles. The molecule has 0 amide bonds. The largest absolute Gasteiger partial charge is 0.382 e. The summed E-state index contributed by atoms with van der Waals surface area (Å²) in [5, 5.41) is 0. The van der Waals surface area contributed by atoms with Gasteiger partial charge >= 0.3 is 0 Å². The third-order valence-corrected chi connectivity index (χ3v) is 4.92. The zero-order chi connectivity index (χ0) is 27.5. The summed E-state index contributed by atoms with van der Waals surface area (Å²) in [6.07, 6.45) is 4.91. The second kappa shape index (κ2) is 36.6. The molecule has 0 radical (unpaired) electrons. The standard InChI is InChI=1S/C27H56O11/c1-3-4-5-6-7-29-10-11-31-14-15-33-18-19-35-22-23-37-26-27-38-25-24-36-21-20-34-17-16-32-13-12-30-9-8-28-2/h3-27H2,1-2H3. The first-order chi connectivity index (χ1) is 18.9. The Morgan fingerprint density at radius 1 is 0.263 bits per heavy atom. The minimum Gasteiger partial charge on any atom is -0.382 e. The van der Waals surface area contributed by atoms with Gasteiger partial charge in [0.2, 0.25) is 0 Å². The summed E-state index contributed by atoms with van der Waals surface area (Å²) in [5.41, 5.74) is 0. The fourth-order valence-corrected chi connectivity index (χ4v) is 2.85. The number of unbranched alkanes of at least 4 members (excludes halogenated alkanes) is 3. The molecule has 0 rings (SSSR count). The van der Waals surface area contributed by atoms with Crippen LogP contribution in [0.15, 0.2) is 0 Å². The Labute approximate surface area is 230 Å². The predicted molar refractivity (Wildman–Crippen MR) is 144 cm³/mol. The Kier molecular flexibility index (Phi) is 36.1. The van der Waals surface area contributed by atoms with Crippen LogP contribution in [0.25, 0.3) is 0 Å². The maximum absolute atomic E-state index is 5.52. The van der Waals surface area contributed by atoms with Crippen molar-refractivity contribution in [3.8, 4) is 0 Å². The maximum Gasteiger partial charge on any atom is 0.0701 e. The molecule has 0 aromatic heterocycles. The van der Waals surface area contributed by atoms with E-state index in [-0.39, 0.29) is 0 Å². The molecule has 38 heavy (non-hydrogen) atoms. The van der Waals surface area contributed by atoms with Gasteiger partial charge in [0, 0.05) is 13.7 Å². The summed E-state index contributed by atoms with van der Waals surface area (Å²) in [6, 6.07) is 0. The molecule has 0 aliphatic heterocycles. The highest BCUT2D eigenvalue weighted by molar-refractivity contribution is 4.41. The second-order valence-corrected chi connectivity index (χ2v) is 8.18. The SMILES string of the molecule is CCCCCCOCCOCCOCCOCCOCCOCCOCCOCCOCCOCCOC. The number of rotatable bonds is 35. The van der Waals surface area contributed by atoms with Crippen LogP contribution in [0.1, 0.15) is 32.6 Å². The van der Waals surface area contributed by atoms with Gasteiger partial charge in [0.15, 0.2) is 0 Å². The first-order valence-electron chi connectivity index (χ1n) is 14.2. The molecule has 0 aromatic carbocycles. The van der Waals surface area contributed by atoms with Gasteiger partial charge in [0.25, 0.3) is 0 Å². The molecule has 0 N–H and O–H groups in total. The maximum atomic E-state index is 5.52. The minimum atomic E-state index is 0.527. The molecule has 0 saturated carbocycles. The number of methoxy groups -OCH3 is 1. The fourth-order valence-electron chi connectivity index (χ4n) is 2.85. The van der Waals surface area contributed by atoms with E-state index >= 15 is 0 Å².